The number of benzene rings is 2. The van der Waals surface area contributed by atoms with Crippen LogP contribution in [-0.2, 0) is 21.3 Å². The smallest absolute Gasteiger partial charge is 0.340 e. The first-order valence-corrected chi connectivity index (χ1v) is 8.86. The van der Waals surface area contributed by atoms with Gasteiger partial charge in [-0.2, -0.15) is 0 Å². The van der Waals surface area contributed by atoms with E-state index in [9.17, 15) is 13.2 Å². The molecule has 2 aromatic carbocycles. The number of hydrogen-bond acceptors (Lipinski definition) is 5. The molecule has 2 aromatic rings. The number of esters is 1. The molecule has 2 N–H and O–H groups in total. The van der Waals surface area contributed by atoms with E-state index < -0.39 is 16.0 Å². The van der Waals surface area contributed by atoms with Gasteiger partial charge in [-0.1, -0.05) is 29.8 Å². The average Bonchev–Trinajstić information content (AvgIpc) is 2.54. The van der Waals surface area contributed by atoms with E-state index in [0.717, 1.165) is 5.56 Å². The number of anilines is 1. The molecular formula is C16H17ClN2O4S. The summed E-state index contributed by atoms with van der Waals surface area (Å²) < 4.78 is 27.8. The molecule has 0 aliphatic carbocycles. The Labute approximate surface area is 145 Å². The summed E-state index contributed by atoms with van der Waals surface area (Å²) in [5.41, 5.74) is 1.49. The Morgan fingerprint density at radius 2 is 1.92 bits per heavy atom. The molecule has 0 saturated heterocycles. The number of rotatable bonds is 5. The van der Waals surface area contributed by atoms with Gasteiger partial charge in [0.2, 0.25) is 10.0 Å². The van der Waals surface area contributed by atoms with E-state index >= 15 is 0 Å². The van der Waals surface area contributed by atoms with Crippen LogP contribution in [0.3, 0.4) is 0 Å². The van der Waals surface area contributed by atoms with Crippen LogP contribution in [0.25, 0.3) is 0 Å². The average molecular weight is 369 g/mol. The van der Waals surface area contributed by atoms with Crippen molar-refractivity contribution in [1.29, 1.82) is 0 Å². The van der Waals surface area contributed by atoms with Crippen molar-refractivity contribution in [3.05, 3.63) is 58.6 Å². The quantitative estimate of drug-likeness (QED) is 0.818. The van der Waals surface area contributed by atoms with Crippen LogP contribution >= 0.6 is 11.6 Å². The number of halogens is 1. The van der Waals surface area contributed by atoms with E-state index in [1.54, 1.807) is 18.0 Å². The van der Waals surface area contributed by atoms with Crippen LogP contribution < -0.4 is 10.0 Å². The van der Waals surface area contributed by atoms with E-state index in [-0.39, 0.29) is 10.5 Å². The molecule has 0 aromatic heterocycles. The highest BCUT2D eigenvalue weighted by atomic mass is 35.5. The van der Waals surface area contributed by atoms with Gasteiger partial charge in [0.25, 0.3) is 0 Å². The molecule has 0 bridgehead atoms. The second-order valence-corrected chi connectivity index (χ2v) is 7.13. The minimum absolute atomic E-state index is 0.110. The van der Waals surface area contributed by atoms with Crippen molar-refractivity contribution in [3.8, 4) is 0 Å². The summed E-state index contributed by atoms with van der Waals surface area (Å²) >= 11 is 6.16. The Balaban J connectivity index is 2.45. The summed E-state index contributed by atoms with van der Waals surface area (Å²) in [6, 6.07) is 11.4. The SMILES string of the molecule is COC(=O)c1cc(S(N)(=O)=O)ccc1N(C)Cc1ccccc1Cl. The molecule has 8 heteroatoms. The van der Waals surface area contributed by atoms with E-state index in [0.29, 0.717) is 17.3 Å². The number of carbonyl (C=O) groups is 1. The van der Waals surface area contributed by atoms with Crippen molar-refractivity contribution in [2.45, 2.75) is 11.4 Å². The Hall–Kier alpha value is -2.09. The van der Waals surface area contributed by atoms with E-state index in [1.807, 2.05) is 18.2 Å². The van der Waals surface area contributed by atoms with Gasteiger partial charge in [0, 0.05) is 18.6 Å². The third-order valence-corrected chi connectivity index (χ3v) is 4.76. The molecule has 2 rings (SSSR count). The lowest BCUT2D eigenvalue weighted by molar-refractivity contribution is 0.0601. The summed E-state index contributed by atoms with van der Waals surface area (Å²) in [5, 5.41) is 5.73. The van der Waals surface area contributed by atoms with Crippen molar-refractivity contribution in [3.63, 3.8) is 0 Å². The summed E-state index contributed by atoms with van der Waals surface area (Å²) in [6.07, 6.45) is 0. The molecule has 0 atom stereocenters. The van der Waals surface area contributed by atoms with Gasteiger partial charge in [0.1, 0.15) is 0 Å². The van der Waals surface area contributed by atoms with Gasteiger partial charge >= 0.3 is 5.97 Å². The number of hydrogen-bond donors (Lipinski definition) is 1. The van der Waals surface area contributed by atoms with E-state index in [2.05, 4.69) is 0 Å². The van der Waals surface area contributed by atoms with Crippen LogP contribution in [0.4, 0.5) is 5.69 Å². The van der Waals surface area contributed by atoms with Gasteiger partial charge in [-0.3, -0.25) is 0 Å². The zero-order valence-corrected chi connectivity index (χ0v) is 14.8. The second-order valence-electron chi connectivity index (χ2n) is 5.16. The number of carbonyl (C=O) groups excluding carboxylic acids is 1. The molecule has 24 heavy (non-hydrogen) atoms. The Bertz CT molecular complexity index is 868. The lowest BCUT2D eigenvalue weighted by atomic mass is 10.1. The van der Waals surface area contributed by atoms with Crippen LogP contribution in [0.15, 0.2) is 47.4 Å². The van der Waals surface area contributed by atoms with E-state index in [1.165, 1.54) is 25.3 Å². The molecule has 0 aliphatic heterocycles. The Morgan fingerprint density at radius 3 is 2.50 bits per heavy atom. The maximum absolute atomic E-state index is 12.0. The fourth-order valence-corrected chi connectivity index (χ4v) is 3.00. The molecule has 0 amide bonds. The second kappa shape index (κ2) is 7.21. The number of sulfonamides is 1. The fourth-order valence-electron chi connectivity index (χ4n) is 2.27. The van der Waals surface area contributed by atoms with Crippen LogP contribution in [-0.4, -0.2) is 28.5 Å². The van der Waals surface area contributed by atoms with Gasteiger partial charge in [-0.15, -0.1) is 0 Å². The largest absolute Gasteiger partial charge is 0.465 e. The van der Waals surface area contributed by atoms with Crippen LogP contribution in [0, 0.1) is 0 Å². The van der Waals surface area contributed by atoms with Crippen LogP contribution in [0.5, 0.6) is 0 Å². The van der Waals surface area contributed by atoms with Crippen molar-refractivity contribution in [2.24, 2.45) is 5.14 Å². The van der Waals surface area contributed by atoms with Gasteiger partial charge < -0.3 is 9.64 Å². The minimum atomic E-state index is -3.92. The number of ether oxygens (including phenoxy) is 1. The van der Waals surface area contributed by atoms with Crippen molar-refractivity contribution in [2.75, 3.05) is 19.1 Å². The highest BCUT2D eigenvalue weighted by Crippen LogP contribution is 2.26. The number of primary sulfonamides is 1. The lowest BCUT2D eigenvalue weighted by Gasteiger charge is -2.22. The van der Waals surface area contributed by atoms with Crippen molar-refractivity contribution < 1.29 is 17.9 Å². The monoisotopic (exact) mass is 368 g/mol. The molecular weight excluding hydrogens is 352 g/mol. The molecule has 0 saturated carbocycles. The third-order valence-electron chi connectivity index (χ3n) is 3.48. The topological polar surface area (TPSA) is 89.7 Å². The van der Waals surface area contributed by atoms with Gasteiger partial charge in [-0.05, 0) is 29.8 Å². The molecule has 0 aliphatic rings. The number of methoxy groups -OCH3 is 1. The molecule has 6 nitrogen and oxygen atoms in total. The zero-order chi connectivity index (χ0) is 17.9. The van der Waals surface area contributed by atoms with E-state index in [4.69, 9.17) is 21.5 Å². The normalized spacial score (nSPS) is 11.2. The summed E-state index contributed by atoms with van der Waals surface area (Å²) in [7, 11) is -0.931. The summed E-state index contributed by atoms with van der Waals surface area (Å²) in [4.78, 5) is 13.7. The number of nitrogens with zero attached hydrogens (tertiary/aromatic N) is 1. The van der Waals surface area contributed by atoms with Crippen LogP contribution in [0.1, 0.15) is 15.9 Å². The van der Waals surface area contributed by atoms with Crippen LogP contribution in [0.2, 0.25) is 5.02 Å². The third kappa shape index (κ3) is 4.05. The lowest BCUT2D eigenvalue weighted by Crippen LogP contribution is -2.21. The first kappa shape index (κ1) is 18.3. The van der Waals surface area contributed by atoms with Gasteiger partial charge in [0.05, 0.1) is 23.3 Å². The molecule has 0 fully saturated rings. The maximum Gasteiger partial charge on any atom is 0.340 e. The highest BCUT2D eigenvalue weighted by molar-refractivity contribution is 7.89. The van der Waals surface area contributed by atoms with Crippen molar-refractivity contribution >= 4 is 33.3 Å². The Kier molecular flexibility index (Phi) is 5.48. The van der Waals surface area contributed by atoms with Gasteiger partial charge in [-0.25, -0.2) is 18.4 Å². The maximum atomic E-state index is 12.0. The molecule has 0 radical (unpaired) electrons. The predicted octanol–water partition coefficient (Wildman–Crippen LogP) is 2.41. The molecule has 0 unspecified atom stereocenters. The first-order valence-electron chi connectivity index (χ1n) is 6.93. The Morgan fingerprint density at radius 1 is 1.25 bits per heavy atom. The standard InChI is InChI=1S/C16H17ClN2O4S/c1-19(10-11-5-3-4-6-14(11)17)15-8-7-12(24(18,21)22)9-13(15)16(20)23-2/h3-9H,10H2,1-2H3,(H2,18,21,22). The van der Waals surface area contributed by atoms with Gasteiger partial charge in [0.15, 0.2) is 0 Å². The predicted molar refractivity (Wildman–Crippen MR) is 92.7 cm³/mol. The first-order chi connectivity index (χ1) is 11.2. The fraction of sp³-hybridized carbons (Fsp3) is 0.188. The summed E-state index contributed by atoms with van der Waals surface area (Å²) in [6.45, 7) is 0.429. The zero-order valence-electron chi connectivity index (χ0n) is 13.2. The molecule has 0 spiro atoms. The van der Waals surface area contributed by atoms with Crippen molar-refractivity contribution in [1.82, 2.24) is 0 Å². The highest BCUT2D eigenvalue weighted by Gasteiger charge is 2.19. The summed E-state index contributed by atoms with van der Waals surface area (Å²) in [5.74, 6) is -0.651. The minimum Gasteiger partial charge on any atom is -0.465 e. The molecule has 128 valence electrons. The molecule has 0 heterocycles. The number of nitrogens with two attached hydrogens (primary N) is 1.